The van der Waals surface area contributed by atoms with E-state index in [2.05, 4.69) is 4.40 Å². The van der Waals surface area contributed by atoms with Gasteiger partial charge in [-0.15, -0.1) is 0 Å². The number of halogens is 4. The predicted molar refractivity (Wildman–Crippen MR) is 90.6 cm³/mol. The van der Waals surface area contributed by atoms with Crippen molar-refractivity contribution in [1.82, 2.24) is 0 Å². The van der Waals surface area contributed by atoms with Crippen molar-refractivity contribution in [3.8, 4) is 0 Å². The highest BCUT2D eigenvalue weighted by Gasteiger charge is 2.41. The Morgan fingerprint density at radius 1 is 1.19 bits per heavy atom. The van der Waals surface area contributed by atoms with E-state index in [0.717, 1.165) is 12.1 Å². The van der Waals surface area contributed by atoms with Crippen LogP contribution in [0.5, 0.6) is 0 Å². The van der Waals surface area contributed by atoms with E-state index < -0.39 is 39.5 Å². The zero-order valence-electron chi connectivity index (χ0n) is 14.7. The number of ether oxygens (including phenoxy) is 2. The van der Waals surface area contributed by atoms with Crippen LogP contribution in [0.15, 0.2) is 22.6 Å². The lowest BCUT2D eigenvalue weighted by molar-refractivity contribution is -0.170. The monoisotopic (exact) mass is 395 g/mol. The maximum absolute atomic E-state index is 13.7. The SMILES string of the molecule is CC(C)(C)[S@@+]([O-])/N=C/CCC1(c2cc(F)cc(C(F)(F)F)c2)OCCO1. The lowest BCUT2D eigenvalue weighted by atomic mass is 9.98. The number of benzene rings is 1. The van der Waals surface area contributed by atoms with Gasteiger partial charge in [0.05, 0.1) is 25.0 Å². The zero-order valence-corrected chi connectivity index (χ0v) is 15.5. The Bertz CT molecular complexity index is 652. The van der Waals surface area contributed by atoms with Gasteiger partial charge in [0.25, 0.3) is 0 Å². The minimum Gasteiger partial charge on any atom is -0.591 e. The van der Waals surface area contributed by atoms with E-state index >= 15 is 0 Å². The summed E-state index contributed by atoms with van der Waals surface area (Å²) in [6, 6.07) is 2.24. The van der Waals surface area contributed by atoms with Crippen molar-refractivity contribution in [2.75, 3.05) is 13.2 Å². The molecule has 0 unspecified atom stereocenters. The summed E-state index contributed by atoms with van der Waals surface area (Å²) in [7, 11) is 0. The fraction of sp³-hybridized carbons (Fsp3) is 0.588. The summed E-state index contributed by atoms with van der Waals surface area (Å²) in [6.45, 7) is 5.69. The molecule has 1 saturated heterocycles. The molecule has 0 radical (unpaired) electrons. The molecule has 0 N–H and O–H groups in total. The Labute approximate surface area is 152 Å². The van der Waals surface area contributed by atoms with Gasteiger partial charge in [0.1, 0.15) is 21.9 Å². The molecule has 0 aliphatic carbocycles. The first kappa shape index (κ1) is 21.1. The third-order valence-corrected chi connectivity index (χ3v) is 5.10. The molecule has 146 valence electrons. The minimum absolute atomic E-state index is 0.0346. The molecule has 1 heterocycles. The molecule has 0 saturated carbocycles. The molecule has 4 nitrogen and oxygen atoms in total. The first-order chi connectivity index (χ1) is 11.9. The van der Waals surface area contributed by atoms with Gasteiger partial charge in [-0.05, 0) is 45.4 Å². The number of hydrogen-bond donors (Lipinski definition) is 0. The molecule has 0 spiro atoms. The third-order valence-electron chi connectivity index (χ3n) is 3.72. The van der Waals surface area contributed by atoms with Crippen molar-refractivity contribution < 1.29 is 31.6 Å². The first-order valence-electron chi connectivity index (χ1n) is 8.05. The van der Waals surface area contributed by atoms with Crippen LogP contribution in [0.25, 0.3) is 0 Å². The summed E-state index contributed by atoms with van der Waals surface area (Å²) in [5, 5.41) is 0. The van der Waals surface area contributed by atoms with Gasteiger partial charge in [0.2, 0.25) is 0 Å². The Morgan fingerprint density at radius 2 is 1.81 bits per heavy atom. The average Bonchev–Trinajstić information content (AvgIpc) is 2.99. The summed E-state index contributed by atoms with van der Waals surface area (Å²) in [5.74, 6) is -2.49. The van der Waals surface area contributed by atoms with Gasteiger partial charge < -0.3 is 14.0 Å². The highest BCUT2D eigenvalue weighted by molar-refractivity contribution is 7.91. The lowest BCUT2D eigenvalue weighted by Crippen LogP contribution is -2.28. The van der Waals surface area contributed by atoms with Crippen molar-refractivity contribution in [2.45, 2.75) is 50.3 Å². The number of hydrogen-bond acceptors (Lipinski definition) is 4. The molecule has 0 bridgehead atoms. The van der Waals surface area contributed by atoms with Gasteiger partial charge in [0, 0.05) is 12.0 Å². The predicted octanol–water partition coefficient (Wildman–Crippen LogP) is 4.36. The molecule has 2 rings (SSSR count). The van der Waals surface area contributed by atoms with Crippen molar-refractivity contribution in [1.29, 1.82) is 0 Å². The van der Waals surface area contributed by atoms with Crippen molar-refractivity contribution in [3.05, 3.63) is 35.1 Å². The van der Waals surface area contributed by atoms with E-state index in [1.165, 1.54) is 6.21 Å². The molecule has 9 heteroatoms. The maximum Gasteiger partial charge on any atom is 0.416 e. The van der Waals surface area contributed by atoms with Gasteiger partial charge in [-0.2, -0.15) is 13.2 Å². The van der Waals surface area contributed by atoms with Crippen LogP contribution in [0.1, 0.15) is 44.7 Å². The molecule has 1 aliphatic heterocycles. The Hall–Kier alpha value is -1.16. The van der Waals surface area contributed by atoms with E-state index in [1.54, 1.807) is 20.8 Å². The molecule has 1 atom stereocenters. The number of nitrogens with zero attached hydrogens (tertiary/aromatic N) is 1. The first-order valence-corrected chi connectivity index (χ1v) is 9.15. The quantitative estimate of drug-likeness (QED) is 0.423. The van der Waals surface area contributed by atoms with Gasteiger partial charge >= 0.3 is 6.18 Å². The summed E-state index contributed by atoms with van der Waals surface area (Å²) < 4.78 is 79.0. The smallest absolute Gasteiger partial charge is 0.416 e. The molecule has 0 aromatic heterocycles. The molecule has 1 fully saturated rings. The van der Waals surface area contributed by atoms with E-state index in [4.69, 9.17) is 9.47 Å². The molecule has 1 aromatic rings. The van der Waals surface area contributed by atoms with E-state index in [1.807, 2.05) is 0 Å². The third kappa shape index (κ3) is 5.18. The minimum atomic E-state index is -4.68. The molecular weight excluding hydrogens is 374 g/mol. The molecule has 26 heavy (non-hydrogen) atoms. The van der Waals surface area contributed by atoms with E-state index in [-0.39, 0.29) is 31.6 Å². The van der Waals surface area contributed by atoms with Gasteiger partial charge in [-0.25, -0.2) is 4.39 Å². The zero-order chi connectivity index (χ0) is 19.6. The fourth-order valence-electron chi connectivity index (χ4n) is 2.42. The second-order valence-corrected chi connectivity index (χ2v) is 8.80. The van der Waals surface area contributed by atoms with E-state index in [9.17, 15) is 22.1 Å². The van der Waals surface area contributed by atoms with E-state index in [0.29, 0.717) is 6.07 Å². The second kappa shape index (κ2) is 7.84. The highest BCUT2D eigenvalue weighted by atomic mass is 32.2. The molecule has 1 aromatic carbocycles. The van der Waals surface area contributed by atoms with Crippen LogP contribution in [-0.4, -0.2) is 28.7 Å². The number of alkyl halides is 3. The molecule has 1 aliphatic rings. The van der Waals surface area contributed by atoms with Crippen LogP contribution in [0.2, 0.25) is 0 Å². The van der Waals surface area contributed by atoms with Crippen LogP contribution in [0.4, 0.5) is 17.6 Å². The number of rotatable bonds is 5. The van der Waals surface area contributed by atoms with Crippen LogP contribution in [0.3, 0.4) is 0 Å². The van der Waals surface area contributed by atoms with Crippen LogP contribution >= 0.6 is 0 Å². The largest absolute Gasteiger partial charge is 0.591 e. The van der Waals surface area contributed by atoms with Crippen molar-refractivity contribution in [3.63, 3.8) is 0 Å². The van der Waals surface area contributed by atoms with Gasteiger partial charge in [0.15, 0.2) is 5.79 Å². The van der Waals surface area contributed by atoms with Crippen molar-refractivity contribution in [2.24, 2.45) is 4.40 Å². The second-order valence-electron chi connectivity index (χ2n) is 6.86. The molecular formula is C17H21F4NO3S. The summed E-state index contributed by atoms with van der Waals surface area (Å²) in [5.41, 5.74) is -1.14. The Kier molecular flexibility index (Phi) is 6.37. The fourth-order valence-corrected chi connectivity index (χ4v) is 2.97. The normalized spacial score (nSPS) is 19.2. The van der Waals surface area contributed by atoms with Gasteiger partial charge in [-0.1, -0.05) is 4.40 Å². The topological polar surface area (TPSA) is 53.9 Å². The maximum atomic E-state index is 13.7. The Balaban J connectivity index is 2.20. The summed E-state index contributed by atoms with van der Waals surface area (Å²) in [4.78, 5) is 0. The van der Waals surface area contributed by atoms with Crippen LogP contribution in [0, 0.1) is 5.82 Å². The molecule has 0 amide bonds. The summed E-state index contributed by atoms with van der Waals surface area (Å²) >= 11 is -1.44. The summed E-state index contributed by atoms with van der Waals surface area (Å²) in [6.07, 6.45) is -2.88. The highest BCUT2D eigenvalue weighted by Crippen LogP contribution is 2.39. The van der Waals surface area contributed by atoms with Crippen LogP contribution in [-0.2, 0) is 32.8 Å². The average molecular weight is 395 g/mol. The lowest BCUT2D eigenvalue weighted by Gasteiger charge is -2.28. The van der Waals surface area contributed by atoms with Crippen LogP contribution < -0.4 is 0 Å². The van der Waals surface area contributed by atoms with Gasteiger partial charge in [-0.3, -0.25) is 0 Å². The Morgan fingerprint density at radius 3 is 2.35 bits per heavy atom. The van der Waals surface area contributed by atoms with Crippen molar-refractivity contribution >= 4 is 17.6 Å². The standard InChI is InChI=1S/C17H21F4NO3S/c1-15(2,3)26(23)22-6-4-5-16(24-7-8-25-16)12-9-13(17(19,20)21)11-14(18)10-12/h6,9-11H,4-5,7-8H2,1-3H3/b22-6+/t26-/m1/s1.